The molecule has 0 saturated heterocycles. The lowest BCUT2D eigenvalue weighted by Crippen LogP contribution is -2.13. The fourth-order valence-corrected chi connectivity index (χ4v) is 1.71. The van der Waals surface area contributed by atoms with Gasteiger partial charge in [-0.05, 0) is 28.4 Å². The predicted molar refractivity (Wildman–Crippen MR) is 63.5 cm³/mol. The van der Waals surface area contributed by atoms with Crippen molar-refractivity contribution in [3.8, 4) is 0 Å². The van der Waals surface area contributed by atoms with E-state index >= 15 is 0 Å². The van der Waals surface area contributed by atoms with Gasteiger partial charge in [0, 0.05) is 0 Å². The van der Waals surface area contributed by atoms with Gasteiger partial charge in [-0.3, -0.25) is 0 Å². The standard InChI is InChI=1S/C11H12BrN3/c1-7-2-4-8(5-3-7)10(13)11-14-6-9(12)15-11/h2-6,10H,13H2,1H3,(H,14,15). The summed E-state index contributed by atoms with van der Waals surface area (Å²) in [5.41, 5.74) is 8.35. The molecule has 0 aliphatic rings. The van der Waals surface area contributed by atoms with Crippen molar-refractivity contribution >= 4 is 15.9 Å². The van der Waals surface area contributed by atoms with Gasteiger partial charge in [-0.1, -0.05) is 29.8 Å². The zero-order chi connectivity index (χ0) is 10.8. The summed E-state index contributed by atoms with van der Waals surface area (Å²) in [6.45, 7) is 2.05. The number of aryl methyl sites for hydroxylation is 1. The Kier molecular flexibility index (Phi) is 2.88. The number of nitrogens with two attached hydrogens (primary N) is 1. The van der Waals surface area contributed by atoms with Crippen molar-refractivity contribution in [1.82, 2.24) is 9.97 Å². The normalized spacial score (nSPS) is 12.7. The first kappa shape index (κ1) is 10.4. The highest BCUT2D eigenvalue weighted by Crippen LogP contribution is 2.18. The molecule has 2 aromatic rings. The van der Waals surface area contributed by atoms with Crippen molar-refractivity contribution in [1.29, 1.82) is 0 Å². The van der Waals surface area contributed by atoms with Crippen LogP contribution in [0.4, 0.5) is 0 Å². The van der Waals surface area contributed by atoms with E-state index in [9.17, 15) is 0 Å². The van der Waals surface area contributed by atoms with E-state index in [1.807, 2.05) is 24.3 Å². The Bertz CT molecular complexity index is 447. The highest BCUT2D eigenvalue weighted by Gasteiger charge is 2.11. The van der Waals surface area contributed by atoms with E-state index in [1.54, 1.807) is 6.20 Å². The van der Waals surface area contributed by atoms with Gasteiger partial charge in [0.05, 0.1) is 12.2 Å². The van der Waals surface area contributed by atoms with Crippen LogP contribution in [0.2, 0.25) is 0 Å². The maximum absolute atomic E-state index is 6.07. The number of nitrogens with one attached hydrogen (secondary N) is 1. The SMILES string of the molecule is Cc1ccc(C(N)c2ncc(Br)[nH]2)cc1. The molecule has 3 nitrogen and oxygen atoms in total. The third-order valence-corrected chi connectivity index (χ3v) is 2.70. The van der Waals surface area contributed by atoms with Gasteiger partial charge in [-0.25, -0.2) is 4.98 Å². The van der Waals surface area contributed by atoms with Crippen molar-refractivity contribution in [3.05, 3.63) is 52.0 Å². The quantitative estimate of drug-likeness (QED) is 0.877. The Morgan fingerprint density at radius 1 is 1.33 bits per heavy atom. The van der Waals surface area contributed by atoms with Crippen molar-refractivity contribution in [3.63, 3.8) is 0 Å². The number of hydrogen-bond donors (Lipinski definition) is 2. The molecule has 1 aromatic carbocycles. The van der Waals surface area contributed by atoms with Gasteiger partial charge in [0.1, 0.15) is 10.4 Å². The van der Waals surface area contributed by atoms with Crippen LogP contribution in [0.25, 0.3) is 0 Å². The fraction of sp³-hybridized carbons (Fsp3) is 0.182. The first-order chi connectivity index (χ1) is 7.16. The van der Waals surface area contributed by atoms with E-state index < -0.39 is 0 Å². The molecule has 4 heteroatoms. The molecule has 1 atom stereocenters. The number of hydrogen-bond acceptors (Lipinski definition) is 2. The molecule has 0 spiro atoms. The first-order valence-corrected chi connectivity index (χ1v) is 5.48. The van der Waals surface area contributed by atoms with Crippen molar-refractivity contribution in [2.75, 3.05) is 0 Å². The van der Waals surface area contributed by atoms with Crippen LogP contribution >= 0.6 is 15.9 Å². The second kappa shape index (κ2) is 4.16. The number of benzene rings is 1. The second-order valence-corrected chi connectivity index (χ2v) is 4.36. The Balaban J connectivity index is 2.28. The molecular weight excluding hydrogens is 254 g/mol. The van der Waals surface area contributed by atoms with Crippen LogP contribution in [0.5, 0.6) is 0 Å². The molecule has 15 heavy (non-hydrogen) atoms. The summed E-state index contributed by atoms with van der Waals surface area (Å²) in [5.74, 6) is 0.769. The zero-order valence-corrected chi connectivity index (χ0v) is 9.95. The van der Waals surface area contributed by atoms with Gasteiger partial charge >= 0.3 is 0 Å². The predicted octanol–water partition coefficient (Wildman–Crippen LogP) is 2.53. The van der Waals surface area contributed by atoms with Gasteiger partial charge < -0.3 is 10.7 Å². The minimum atomic E-state index is -0.197. The summed E-state index contributed by atoms with van der Waals surface area (Å²) in [6, 6.07) is 7.95. The molecular formula is C11H12BrN3. The van der Waals surface area contributed by atoms with E-state index in [4.69, 9.17) is 5.73 Å². The number of rotatable bonds is 2. The summed E-state index contributed by atoms with van der Waals surface area (Å²) in [6.07, 6.45) is 1.71. The number of imidazole rings is 1. The van der Waals surface area contributed by atoms with Gasteiger partial charge in [0.2, 0.25) is 0 Å². The maximum atomic E-state index is 6.07. The van der Waals surface area contributed by atoms with E-state index in [2.05, 4.69) is 32.8 Å². The molecule has 0 amide bonds. The number of aromatic nitrogens is 2. The zero-order valence-electron chi connectivity index (χ0n) is 8.37. The summed E-state index contributed by atoms with van der Waals surface area (Å²) < 4.78 is 0.847. The van der Waals surface area contributed by atoms with Crippen LogP contribution < -0.4 is 5.73 Å². The van der Waals surface area contributed by atoms with E-state index in [0.29, 0.717) is 0 Å². The Hall–Kier alpha value is -1.13. The molecule has 0 bridgehead atoms. The van der Waals surface area contributed by atoms with Gasteiger partial charge in [-0.2, -0.15) is 0 Å². The fourth-order valence-electron chi connectivity index (χ4n) is 1.40. The third kappa shape index (κ3) is 2.27. The summed E-state index contributed by atoms with van der Waals surface area (Å²) in [5, 5.41) is 0. The van der Waals surface area contributed by atoms with Crippen LogP contribution in [0, 0.1) is 6.92 Å². The van der Waals surface area contributed by atoms with Crippen LogP contribution in [0.3, 0.4) is 0 Å². The second-order valence-electron chi connectivity index (χ2n) is 3.50. The van der Waals surface area contributed by atoms with E-state index in [1.165, 1.54) is 5.56 Å². The highest BCUT2D eigenvalue weighted by molar-refractivity contribution is 9.10. The monoisotopic (exact) mass is 265 g/mol. The lowest BCUT2D eigenvalue weighted by Gasteiger charge is -2.09. The van der Waals surface area contributed by atoms with Gasteiger partial charge in [0.25, 0.3) is 0 Å². The maximum Gasteiger partial charge on any atom is 0.128 e. The number of H-pyrrole nitrogens is 1. The molecule has 0 fully saturated rings. The number of aromatic amines is 1. The molecule has 0 aliphatic carbocycles. The van der Waals surface area contributed by atoms with Gasteiger partial charge in [-0.15, -0.1) is 0 Å². The Labute approximate surface area is 96.9 Å². The van der Waals surface area contributed by atoms with Gasteiger partial charge in [0.15, 0.2) is 0 Å². The summed E-state index contributed by atoms with van der Waals surface area (Å²) in [4.78, 5) is 7.26. The largest absolute Gasteiger partial charge is 0.335 e. The van der Waals surface area contributed by atoms with E-state index in [-0.39, 0.29) is 6.04 Å². The van der Waals surface area contributed by atoms with E-state index in [0.717, 1.165) is 16.0 Å². The van der Waals surface area contributed by atoms with Crippen LogP contribution in [-0.4, -0.2) is 9.97 Å². The Morgan fingerprint density at radius 3 is 2.53 bits per heavy atom. The molecule has 0 saturated carbocycles. The van der Waals surface area contributed by atoms with Crippen molar-refractivity contribution in [2.45, 2.75) is 13.0 Å². The molecule has 1 unspecified atom stereocenters. The van der Waals surface area contributed by atoms with Crippen LogP contribution in [-0.2, 0) is 0 Å². The molecule has 0 radical (unpaired) electrons. The highest BCUT2D eigenvalue weighted by atomic mass is 79.9. The molecule has 78 valence electrons. The van der Waals surface area contributed by atoms with Crippen LogP contribution in [0.15, 0.2) is 35.1 Å². The van der Waals surface area contributed by atoms with Crippen LogP contribution in [0.1, 0.15) is 23.0 Å². The minimum absolute atomic E-state index is 0.197. The summed E-state index contributed by atoms with van der Waals surface area (Å²) >= 11 is 3.31. The lowest BCUT2D eigenvalue weighted by atomic mass is 10.1. The molecule has 2 rings (SSSR count). The topological polar surface area (TPSA) is 54.7 Å². The van der Waals surface area contributed by atoms with Crippen molar-refractivity contribution in [2.24, 2.45) is 5.73 Å². The Morgan fingerprint density at radius 2 is 2.00 bits per heavy atom. The minimum Gasteiger partial charge on any atom is -0.335 e. The molecule has 1 heterocycles. The molecule has 1 aromatic heterocycles. The number of halogens is 1. The average Bonchev–Trinajstić information content (AvgIpc) is 2.65. The first-order valence-electron chi connectivity index (χ1n) is 4.69. The smallest absolute Gasteiger partial charge is 0.128 e. The summed E-state index contributed by atoms with van der Waals surface area (Å²) in [7, 11) is 0. The molecule has 0 aliphatic heterocycles. The molecule has 3 N–H and O–H groups in total. The average molecular weight is 266 g/mol. The lowest BCUT2D eigenvalue weighted by molar-refractivity contribution is 0.799. The number of nitrogens with zero attached hydrogens (tertiary/aromatic N) is 1. The third-order valence-electron chi connectivity index (χ3n) is 2.30. The van der Waals surface area contributed by atoms with Crippen molar-refractivity contribution < 1.29 is 0 Å².